The van der Waals surface area contributed by atoms with Crippen LogP contribution in [0, 0.1) is 18.3 Å². The van der Waals surface area contributed by atoms with Crippen LogP contribution in [0.2, 0.25) is 5.02 Å². The van der Waals surface area contributed by atoms with Crippen molar-refractivity contribution in [1.29, 1.82) is 5.26 Å². The Morgan fingerprint density at radius 2 is 1.90 bits per heavy atom. The zero-order valence-electron chi connectivity index (χ0n) is 16.2. The van der Waals surface area contributed by atoms with Crippen LogP contribution in [-0.2, 0) is 11.4 Å². The summed E-state index contributed by atoms with van der Waals surface area (Å²) in [5.41, 5.74) is 3.19. The van der Waals surface area contributed by atoms with Crippen LogP contribution in [0.15, 0.2) is 76.8 Å². The van der Waals surface area contributed by atoms with Gasteiger partial charge in [-0.15, -0.1) is 0 Å². The summed E-state index contributed by atoms with van der Waals surface area (Å²) in [5.74, 6) is 0.178. The number of ether oxygens (including phenoxy) is 1. The van der Waals surface area contributed by atoms with E-state index in [1.165, 1.54) is 6.08 Å². The number of nitriles is 1. The average Bonchev–Trinajstić information content (AvgIpc) is 2.74. The summed E-state index contributed by atoms with van der Waals surface area (Å²) < 4.78 is 6.54. The van der Waals surface area contributed by atoms with Gasteiger partial charge in [-0.05, 0) is 64.3 Å². The Morgan fingerprint density at radius 3 is 2.60 bits per heavy atom. The molecular formula is C24H18BrClN2O2. The summed E-state index contributed by atoms with van der Waals surface area (Å²) in [7, 11) is 0. The number of carbonyl (C=O) groups is 1. The first-order chi connectivity index (χ1) is 14.5. The normalized spacial score (nSPS) is 10.9. The molecule has 1 N–H and O–H groups in total. The number of halogens is 2. The van der Waals surface area contributed by atoms with Crippen molar-refractivity contribution < 1.29 is 9.53 Å². The van der Waals surface area contributed by atoms with Crippen molar-refractivity contribution in [3.63, 3.8) is 0 Å². The van der Waals surface area contributed by atoms with Gasteiger partial charge in [-0.25, -0.2) is 0 Å². The molecule has 0 saturated carbocycles. The second-order valence-electron chi connectivity index (χ2n) is 6.51. The molecule has 0 aliphatic carbocycles. The Labute approximate surface area is 188 Å². The van der Waals surface area contributed by atoms with Crippen LogP contribution in [0.25, 0.3) is 6.08 Å². The molecule has 30 heavy (non-hydrogen) atoms. The zero-order chi connectivity index (χ0) is 21.5. The lowest BCUT2D eigenvalue weighted by atomic mass is 10.1. The van der Waals surface area contributed by atoms with Gasteiger partial charge in [-0.1, -0.05) is 54.1 Å². The Hall–Kier alpha value is -3.07. The van der Waals surface area contributed by atoms with Gasteiger partial charge >= 0.3 is 0 Å². The third kappa shape index (κ3) is 5.50. The number of amides is 1. The SMILES string of the molecule is Cc1ccccc1NC(=O)/C(C#N)=C\c1ccc(OCc2ccccc2Cl)c(Br)c1. The van der Waals surface area contributed by atoms with E-state index in [2.05, 4.69) is 21.2 Å². The first kappa shape index (κ1) is 21.6. The van der Waals surface area contributed by atoms with Crippen LogP contribution < -0.4 is 10.1 Å². The van der Waals surface area contributed by atoms with Gasteiger partial charge in [-0.3, -0.25) is 4.79 Å². The van der Waals surface area contributed by atoms with Crippen LogP contribution in [0.1, 0.15) is 16.7 Å². The number of hydrogen-bond acceptors (Lipinski definition) is 3. The molecule has 0 aliphatic rings. The molecule has 4 nitrogen and oxygen atoms in total. The van der Waals surface area contributed by atoms with Crippen LogP contribution >= 0.6 is 27.5 Å². The summed E-state index contributed by atoms with van der Waals surface area (Å²) in [6, 6.07) is 22.2. The number of rotatable bonds is 6. The fraction of sp³-hybridized carbons (Fsp3) is 0.0833. The van der Waals surface area contributed by atoms with Crippen molar-refractivity contribution in [2.75, 3.05) is 5.32 Å². The highest BCUT2D eigenvalue weighted by molar-refractivity contribution is 9.10. The predicted octanol–water partition coefficient (Wildman–Crippen LogP) is 6.54. The number of benzene rings is 3. The van der Waals surface area contributed by atoms with E-state index < -0.39 is 5.91 Å². The van der Waals surface area contributed by atoms with Gasteiger partial charge in [0.25, 0.3) is 5.91 Å². The van der Waals surface area contributed by atoms with E-state index in [4.69, 9.17) is 16.3 Å². The highest BCUT2D eigenvalue weighted by Crippen LogP contribution is 2.28. The average molecular weight is 482 g/mol. The second kappa shape index (κ2) is 10.1. The summed E-state index contributed by atoms with van der Waals surface area (Å²) in [4.78, 5) is 12.5. The van der Waals surface area contributed by atoms with Gasteiger partial charge in [0.1, 0.15) is 24.0 Å². The molecule has 0 atom stereocenters. The number of nitrogens with one attached hydrogen (secondary N) is 1. The van der Waals surface area contributed by atoms with Crippen molar-refractivity contribution >= 4 is 45.2 Å². The van der Waals surface area contributed by atoms with Gasteiger partial charge in [0.2, 0.25) is 0 Å². The molecule has 3 rings (SSSR count). The number of aryl methyl sites for hydroxylation is 1. The van der Waals surface area contributed by atoms with E-state index >= 15 is 0 Å². The molecule has 0 radical (unpaired) electrons. The summed E-state index contributed by atoms with van der Waals surface area (Å²) in [5, 5.41) is 12.9. The Kier molecular flexibility index (Phi) is 7.29. The maximum absolute atomic E-state index is 12.5. The fourth-order valence-corrected chi connectivity index (χ4v) is 3.41. The molecule has 0 unspecified atom stereocenters. The minimum absolute atomic E-state index is 0.00916. The minimum atomic E-state index is -0.457. The van der Waals surface area contributed by atoms with Crippen LogP contribution in [0.4, 0.5) is 5.69 Å². The quantitative estimate of drug-likeness (QED) is 0.321. The van der Waals surface area contributed by atoms with E-state index in [-0.39, 0.29) is 5.57 Å². The lowest BCUT2D eigenvalue weighted by Gasteiger charge is -2.10. The molecule has 150 valence electrons. The molecule has 0 fully saturated rings. The third-order valence-electron chi connectivity index (χ3n) is 4.37. The van der Waals surface area contributed by atoms with Crippen LogP contribution in [-0.4, -0.2) is 5.91 Å². The molecule has 0 aromatic heterocycles. The standard InChI is InChI=1S/C24H18BrClN2O2/c1-16-6-2-5-9-22(16)28-24(29)19(14-27)12-17-10-11-23(20(25)13-17)30-15-18-7-3-4-8-21(18)26/h2-13H,15H2,1H3,(H,28,29)/b19-12-. The van der Waals surface area contributed by atoms with Gasteiger partial charge in [0.15, 0.2) is 0 Å². The number of para-hydroxylation sites is 1. The summed E-state index contributed by atoms with van der Waals surface area (Å²) in [6.07, 6.45) is 1.54. The minimum Gasteiger partial charge on any atom is -0.488 e. The smallest absolute Gasteiger partial charge is 0.266 e. The van der Waals surface area contributed by atoms with E-state index in [1.54, 1.807) is 24.3 Å². The maximum atomic E-state index is 12.5. The van der Waals surface area contributed by atoms with Crippen molar-refractivity contribution in [2.45, 2.75) is 13.5 Å². The van der Waals surface area contributed by atoms with Crippen LogP contribution in [0.5, 0.6) is 5.75 Å². The van der Waals surface area contributed by atoms with E-state index in [9.17, 15) is 10.1 Å². The Morgan fingerprint density at radius 1 is 1.17 bits per heavy atom. The van der Waals surface area contributed by atoms with Crippen LogP contribution in [0.3, 0.4) is 0 Å². The molecule has 3 aromatic rings. The Balaban J connectivity index is 1.73. The van der Waals surface area contributed by atoms with Gasteiger partial charge in [0.05, 0.1) is 4.47 Å². The van der Waals surface area contributed by atoms with E-state index in [1.807, 2.05) is 55.5 Å². The molecule has 0 spiro atoms. The van der Waals surface area contributed by atoms with Crippen molar-refractivity contribution in [1.82, 2.24) is 0 Å². The topological polar surface area (TPSA) is 62.1 Å². The highest BCUT2D eigenvalue weighted by Gasteiger charge is 2.11. The van der Waals surface area contributed by atoms with E-state index in [0.717, 1.165) is 11.1 Å². The highest BCUT2D eigenvalue weighted by atomic mass is 79.9. The first-order valence-corrected chi connectivity index (χ1v) is 10.3. The molecular weight excluding hydrogens is 464 g/mol. The fourth-order valence-electron chi connectivity index (χ4n) is 2.71. The molecule has 0 heterocycles. The molecule has 3 aromatic carbocycles. The van der Waals surface area contributed by atoms with Gasteiger partial charge < -0.3 is 10.1 Å². The molecule has 1 amide bonds. The number of anilines is 1. The van der Waals surface area contributed by atoms with Gasteiger partial charge in [0, 0.05) is 16.3 Å². The predicted molar refractivity (Wildman–Crippen MR) is 123 cm³/mol. The molecule has 0 bridgehead atoms. The second-order valence-corrected chi connectivity index (χ2v) is 7.77. The molecule has 6 heteroatoms. The number of nitrogens with zero attached hydrogens (tertiary/aromatic N) is 1. The van der Waals surface area contributed by atoms with Crippen molar-refractivity contribution in [3.05, 3.63) is 98.5 Å². The summed E-state index contributed by atoms with van der Waals surface area (Å²) in [6.45, 7) is 2.22. The maximum Gasteiger partial charge on any atom is 0.266 e. The number of carbonyl (C=O) groups excluding carboxylic acids is 1. The van der Waals surface area contributed by atoms with Crippen molar-refractivity contribution in [2.24, 2.45) is 0 Å². The lowest BCUT2D eigenvalue weighted by Crippen LogP contribution is -2.14. The lowest BCUT2D eigenvalue weighted by molar-refractivity contribution is -0.112. The molecule has 0 saturated heterocycles. The molecule has 0 aliphatic heterocycles. The van der Waals surface area contributed by atoms with Gasteiger partial charge in [-0.2, -0.15) is 5.26 Å². The largest absolute Gasteiger partial charge is 0.488 e. The first-order valence-electron chi connectivity index (χ1n) is 9.12. The Bertz CT molecular complexity index is 1150. The number of hydrogen-bond donors (Lipinski definition) is 1. The third-order valence-corrected chi connectivity index (χ3v) is 5.35. The summed E-state index contributed by atoms with van der Waals surface area (Å²) >= 11 is 9.64. The van der Waals surface area contributed by atoms with E-state index in [0.29, 0.717) is 33.1 Å². The zero-order valence-corrected chi connectivity index (χ0v) is 18.5. The monoisotopic (exact) mass is 480 g/mol. The van der Waals surface area contributed by atoms with Crippen molar-refractivity contribution in [3.8, 4) is 11.8 Å².